The molecule has 0 amide bonds. The molecule has 0 aliphatic heterocycles. The molecule has 1 aromatic heterocycles. The van der Waals surface area contributed by atoms with E-state index in [1.54, 1.807) is 7.11 Å². The van der Waals surface area contributed by atoms with Crippen LogP contribution in [0.1, 0.15) is 39.2 Å². The Morgan fingerprint density at radius 1 is 1.44 bits per heavy atom. The van der Waals surface area contributed by atoms with Crippen LogP contribution in [0.3, 0.4) is 0 Å². The number of aromatic nitrogens is 2. The molecule has 2 rings (SSSR count). The normalized spacial score (nSPS) is 12.8. The maximum atomic E-state index is 5.43. The number of nitrogens with one attached hydrogen (secondary N) is 1. The van der Waals surface area contributed by atoms with Gasteiger partial charge in [-0.25, -0.2) is 0 Å². The minimum Gasteiger partial charge on any atom is -0.497 e. The van der Waals surface area contributed by atoms with Crippen LogP contribution < -0.4 is 4.74 Å². The third-order valence-electron chi connectivity index (χ3n) is 3.34. The fourth-order valence-corrected chi connectivity index (χ4v) is 2.68. The van der Waals surface area contributed by atoms with Crippen molar-refractivity contribution in [1.82, 2.24) is 9.55 Å². The number of unbranched alkanes of at least 4 members (excludes halogenated alkanes) is 1. The molecule has 3 nitrogen and oxygen atoms in total. The summed E-state index contributed by atoms with van der Waals surface area (Å²) in [6.07, 6.45) is 3.58. The number of methoxy groups -OCH3 is 1. The van der Waals surface area contributed by atoms with E-state index in [1.165, 1.54) is 12.8 Å². The van der Waals surface area contributed by atoms with Gasteiger partial charge >= 0.3 is 0 Å². The number of H-pyrrole nitrogens is 1. The SMILES string of the molecule is CCCCC(C)n1c(=S)[nH]c2ccc(OC)cc21. The molecule has 98 valence electrons. The molecule has 0 aliphatic carbocycles. The number of nitrogens with zero attached hydrogens (tertiary/aromatic N) is 1. The van der Waals surface area contributed by atoms with Gasteiger partial charge in [0.25, 0.3) is 0 Å². The maximum Gasteiger partial charge on any atom is 0.178 e. The summed E-state index contributed by atoms with van der Waals surface area (Å²) in [5.41, 5.74) is 2.20. The van der Waals surface area contributed by atoms with E-state index in [1.807, 2.05) is 18.2 Å². The molecule has 1 atom stereocenters. The first-order valence-corrected chi connectivity index (χ1v) is 6.86. The van der Waals surface area contributed by atoms with E-state index in [4.69, 9.17) is 17.0 Å². The first-order valence-electron chi connectivity index (χ1n) is 6.45. The molecule has 0 bridgehead atoms. The second-order valence-corrected chi connectivity index (χ2v) is 5.06. The molecule has 0 saturated heterocycles. The average molecular weight is 264 g/mol. The topological polar surface area (TPSA) is 29.9 Å². The van der Waals surface area contributed by atoms with Gasteiger partial charge in [0.1, 0.15) is 5.75 Å². The number of imidazole rings is 1. The number of aromatic amines is 1. The lowest BCUT2D eigenvalue weighted by Crippen LogP contribution is -2.05. The van der Waals surface area contributed by atoms with E-state index in [-0.39, 0.29) is 0 Å². The molecular formula is C14H20N2OS. The Morgan fingerprint density at radius 3 is 2.89 bits per heavy atom. The Labute approximate surface area is 113 Å². The van der Waals surface area contributed by atoms with Crippen molar-refractivity contribution in [2.45, 2.75) is 39.2 Å². The molecule has 1 heterocycles. The van der Waals surface area contributed by atoms with E-state index in [0.29, 0.717) is 6.04 Å². The minimum absolute atomic E-state index is 0.415. The van der Waals surface area contributed by atoms with Crippen molar-refractivity contribution in [3.8, 4) is 5.75 Å². The predicted molar refractivity (Wildman–Crippen MR) is 77.9 cm³/mol. The minimum atomic E-state index is 0.415. The van der Waals surface area contributed by atoms with Gasteiger partial charge in [-0.3, -0.25) is 0 Å². The van der Waals surface area contributed by atoms with Crippen LogP contribution in [0.5, 0.6) is 5.75 Å². The van der Waals surface area contributed by atoms with Gasteiger partial charge in [0.2, 0.25) is 0 Å². The van der Waals surface area contributed by atoms with Gasteiger partial charge in [0.05, 0.1) is 18.1 Å². The average Bonchev–Trinajstić information content (AvgIpc) is 2.70. The lowest BCUT2D eigenvalue weighted by molar-refractivity contribution is 0.415. The second-order valence-electron chi connectivity index (χ2n) is 4.67. The lowest BCUT2D eigenvalue weighted by Gasteiger charge is -2.14. The first kappa shape index (κ1) is 13.1. The Hall–Kier alpha value is -1.29. The second kappa shape index (κ2) is 5.57. The van der Waals surface area contributed by atoms with Crippen LogP contribution in [0, 0.1) is 4.77 Å². The number of rotatable bonds is 5. The molecule has 4 heteroatoms. The number of hydrogen-bond donors (Lipinski definition) is 1. The Kier molecular flexibility index (Phi) is 4.07. The molecule has 18 heavy (non-hydrogen) atoms. The summed E-state index contributed by atoms with van der Waals surface area (Å²) in [6.45, 7) is 4.43. The molecule has 1 unspecified atom stereocenters. The van der Waals surface area contributed by atoms with Gasteiger partial charge in [-0.2, -0.15) is 0 Å². The molecule has 0 aliphatic rings. The van der Waals surface area contributed by atoms with Crippen molar-refractivity contribution in [2.75, 3.05) is 7.11 Å². The zero-order valence-corrected chi connectivity index (χ0v) is 12.0. The zero-order valence-electron chi connectivity index (χ0n) is 11.2. The predicted octanol–water partition coefficient (Wildman–Crippen LogP) is 4.46. The van der Waals surface area contributed by atoms with Crippen LogP contribution in [0.2, 0.25) is 0 Å². The van der Waals surface area contributed by atoms with E-state index >= 15 is 0 Å². The van der Waals surface area contributed by atoms with Gasteiger partial charge in [0, 0.05) is 12.1 Å². The molecule has 2 aromatic rings. The van der Waals surface area contributed by atoms with Gasteiger partial charge < -0.3 is 14.3 Å². The number of benzene rings is 1. The van der Waals surface area contributed by atoms with Crippen molar-refractivity contribution in [3.05, 3.63) is 23.0 Å². The van der Waals surface area contributed by atoms with E-state index in [0.717, 1.165) is 28.0 Å². The highest BCUT2D eigenvalue weighted by Gasteiger charge is 2.11. The van der Waals surface area contributed by atoms with Gasteiger partial charge in [-0.15, -0.1) is 0 Å². The molecule has 0 spiro atoms. The van der Waals surface area contributed by atoms with E-state index < -0.39 is 0 Å². The summed E-state index contributed by atoms with van der Waals surface area (Å²) in [5.74, 6) is 0.868. The third kappa shape index (κ3) is 2.43. The summed E-state index contributed by atoms with van der Waals surface area (Å²) in [5, 5.41) is 0. The molecule has 0 radical (unpaired) electrons. The van der Waals surface area contributed by atoms with Crippen molar-refractivity contribution in [3.63, 3.8) is 0 Å². The van der Waals surface area contributed by atoms with Crippen molar-refractivity contribution >= 4 is 23.3 Å². The van der Waals surface area contributed by atoms with Crippen molar-refractivity contribution < 1.29 is 4.74 Å². The molecule has 1 aromatic carbocycles. The van der Waals surface area contributed by atoms with Crippen molar-refractivity contribution in [2.24, 2.45) is 0 Å². The molecule has 0 fully saturated rings. The lowest BCUT2D eigenvalue weighted by atomic mass is 10.1. The Bertz CT molecular complexity index is 585. The van der Waals surface area contributed by atoms with Gasteiger partial charge in [-0.1, -0.05) is 19.8 Å². The van der Waals surface area contributed by atoms with E-state index in [2.05, 4.69) is 23.4 Å². The third-order valence-corrected chi connectivity index (χ3v) is 3.64. The Balaban J connectivity index is 2.47. The van der Waals surface area contributed by atoms with Gasteiger partial charge in [0.15, 0.2) is 4.77 Å². The van der Waals surface area contributed by atoms with Crippen LogP contribution in [0.15, 0.2) is 18.2 Å². The van der Waals surface area contributed by atoms with Crippen molar-refractivity contribution in [1.29, 1.82) is 0 Å². The summed E-state index contributed by atoms with van der Waals surface area (Å²) in [7, 11) is 1.69. The van der Waals surface area contributed by atoms with Crippen LogP contribution >= 0.6 is 12.2 Å². The summed E-state index contributed by atoms with van der Waals surface area (Å²) < 4.78 is 8.28. The molecule has 1 N–H and O–H groups in total. The summed E-state index contributed by atoms with van der Waals surface area (Å²) in [6, 6.07) is 6.43. The largest absolute Gasteiger partial charge is 0.497 e. The Morgan fingerprint density at radius 2 is 2.22 bits per heavy atom. The van der Waals surface area contributed by atoms with Gasteiger partial charge in [-0.05, 0) is 37.7 Å². The highest BCUT2D eigenvalue weighted by atomic mass is 32.1. The number of ether oxygens (including phenoxy) is 1. The highest BCUT2D eigenvalue weighted by molar-refractivity contribution is 7.71. The fraction of sp³-hybridized carbons (Fsp3) is 0.500. The highest BCUT2D eigenvalue weighted by Crippen LogP contribution is 2.25. The summed E-state index contributed by atoms with van der Waals surface area (Å²) >= 11 is 5.43. The number of hydrogen-bond acceptors (Lipinski definition) is 2. The number of fused-ring (bicyclic) bond motifs is 1. The first-order chi connectivity index (χ1) is 8.67. The fourth-order valence-electron chi connectivity index (χ4n) is 2.29. The van der Waals surface area contributed by atoms with Crippen LogP contribution in [-0.4, -0.2) is 16.7 Å². The van der Waals surface area contributed by atoms with Crippen LogP contribution in [0.25, 0.3) is 11.0 Å². The van der Waals surface area contributed by atoms with E-state index in [9.17, 15) is 0 Å². The quantitative estimate of drug-likeness (QED) is 0.808. The molecule has 0 saturated carbocycles. The van der Waals surface area contributed by atoms with Crippen LogP contribution in [-0.2, 0) is 0 Å². The zero-order chi connectivity index (χ0) is 13.1. The smallest absolute Gasteiger partial charge is 0.178 e. The van der Waals surface area contributed by atoms with Crippen LogP contribution in [0.4, 0.5) is 0 Å². The summed E-state index contributed by atoms with van der Waals surface area (Å²) in [4.78, 5) is 3.26. The maximum absolute atomic E-state index is 5.43. The monoisotopic (exact) mass is 264 g/mol. The molecular weight excluding hydrogens is 244 g/mol. The standard InChI is InChI=1S/C14H20N2OS/c1-4-5-6-10(2)16-13-9-11(17-3)7-8-12(13)15-14(16)18/h7-10H,4-6H2,1-3H3,(H,15,18).